The van der Waals surface area contributed by atoms with E-state index in [2.05, 4.69) is 4.18 Å². The largest absolute Gasteiger partial charge is 0.478 e. The van der Waals surface area contributed by atoms with Crippen molar-refractivity contribution in [2.75, 3.05) is 0 Å². The Hall–Kier alpha value is -1.08. The molecule has 1 rings (SSSR count). The van der Waals surface area contributed by atoms with Crippen LogP contribution in [0.1, 0.15) is 10.4 Å². The Labute approximate surface area is 96.3 Å². The summed E-state index contributed by atoms with van der Waals surface area (Å²) in [4.78, 5) is 10.6. The van der Waals surface area contributed by atoms with Crippen molar-refractivity contribution in [3.05, 3.63) is 29.8 Å². The summed E-state index contributed by atoms with van der Waals surface area (Å²) in [7, 11) is -4.70. The van der Waals surface area contributed by atoms with Crippen LogP contribution in [0.15, 0.2) is 24.3 Å². The van der Waals surface area contributed by atoms with Crippen LogP contribution in [0.5, 0.6) is 5.75 Å². The Morgan fingerprint density at radius 2 is 1.80 bits per heavy atom. The van der Waals surface area contributed by atoms with Crippen LogP contribution >= 0.6 is 0 Å². The van der Waals surface area contributed by atoms with E-state index in [0.717, 1.165) is 12.1 Å². The summed E-state index contributed by atoms with van der Waals surface area (Å²) >= 11 is 0. The summed E-state index contributed by atoms with van der Waals surface area (Å²) in [6, 6.07) is 5.06. The zero-order chi connectivity index (χ0) is 10.8. The number of rotatable bonds is 3. The molecule has 0 aromatic heterocycles. The van der Waals surface area contributed by atoms with E-state index in [1.54, 1.807) is 0 Å². The van der Waals surface area contributed by atoms with E-state index in [0.29, 0.717) is 0 Å². The fraction of sp³-hybridized carbons (Fsp3) is 0. The molecule has 6 nitrogen and oxygen atoms in total. The van der Waals surface area contributed by atoms with Crippen LogP contribution in [0.25, 0.3) is 0 Å². The van der Waals surface area contributed by atoms with Gasteiger partial charge < -0.3 is 9.29 Å². The SMILES string of the molecule is O=C(O)c1ccccc1OS(=O)(=O)O.[Fe]. The van der Waals surface area contributed by atoms with Gasteiger partial charge in [-0.25, -0.2) is 4.79 Å². The van der Waals surface area contributed by atoms with Gasteiger partial charge in [-0.3, -0.25) is 4.55 Å². The third-order valence-electron chi connectivity index (χ3n) is 1.31. The molecule has 0 saturated heterocycles. The van der Waals surface area contributed by atoms with Crippen molar-refractivity contribution < 1.29 is 44.1 Å². The summed E-state index contributed by atoms with van der Waals surface area (Å²) < 4.78 is 33.0. The molecule has 0 fully saturated rings. The predicted octanol–water partition coefficient (Wildman–Crippen LogP) is 0.564. The van der Waals surface area contributed by atoms with Crippen molar-refractivity contribution in [1.29, 1.82) is 0 Å². The molecule has 8 heteroatoms. The van der Waals surface area contributed by atoms with Gasteiger partial charge in [0.1, 0.15) is 5.56 Å². The number of carboxylic acid groups (broad SMARTS) is 1. The van der Waals surface area contributed by atoms with Gasteiger partial charge in [0.25, 0.3) is 0 Å². The zero-order valence-corrected chi connectivity index (χ0v) is 9.02. The van der Waals surface area contributed by atoms with E-state index in [9.17, 15) is 13.2 Å². The maximum absolute atomic E-state index is 10.6. The zero-order valence-electron chi connectivity index (χ0n) is 7.10. The maximum atomic E-state index is 10.6. The first-order chi connectivity index (χ1) is 6.40. The van der Waals surface area contributed by atoms with Gasteiger partial charge in [-0.05, 0) is 12.1 Å². The third-order valence-corrected chi connectivity index (χ3v) is 1.70. The van der Waals surface area contributed by atoms with Crippen molar-refractivity contribution in [3.63, 3.8) is 0 Å². The standard InChI is InChI=1S/C7H6O6S.Fe/c8-7(9)5-3-1-2-4-6(5)13-14(10,11)12;/h1-4H,(H,8,9)(H,10,11,12);. The van der Waals surface area contributed by atoms with E-state index in [4.69, 9.17) is 9.66 Å². The molecule has 0 atom stereocenters. The molecule has 0 spiro atoms. The van der Waals surface area contributed by atoms with Crippen LogP contribution in [0.4, 0.5) is 0 Å². The topological polar surface area (TPSA) is 101 Å². The normalized spacial score (nSPS) is 10.2. The average Bonchev–Trinajstić information content (AvgIpc) is 2.01. The Kier molecular flexibility index (Phi) is 4.76. The van der Waals surface area contributed by atoms with Crippen LogP contribution < -0.4 is 4.18 Å². The summed E-state index contributed by atoms with van der Waals surface area (Å²) in [5.74, 6) is -1.77. The van der Waals surface area contributed by atoms with E-state index in [1.807, 2.05) is 0 Å². The molecule has 0 heterocycles. The van der Waals surface area contributed by atoms with Crippen LogP contribution in [-0.4, -0.2) is 24.0 Å². The number of para-hydroxylation sites is 1. The van der Waals surface area contributed by atoms with Crippen LogP contribution in [0.2, 0.25) is 0 Å². The minimum absolute atomic E-state index is 0. The summed E-state index contributed by atoms with van der Waals surface area (Å²) in [6.45, 7) is 0. The first-order valence-electron chi connectivity index (χ1n) is 3.39. The second kappa shape index (κ2) is 5.13. The van der Waals surface area contributed by atoms with Gasteiger partial charge in [-0.1, -0.05) is 12.1 Å². The average molecular weight is 274 g/mol. The van der Waals surface area contributed by atoms with Gasteiger partial charge in [0.15, 0.2) is 5.75 Å². The molecule has 0 saturated carbocycles. The minimum atomic E-state index is -4.70. The Morgan fingerprint density at radius 1 is 1.27 bits per heavy atom. The first kappa shape index (κ1) is 13.9. The van der Waals surface area contributed by atoms with Crippen LogP contribution in [0.3, 0.4) is 0 Å². The molecular weight excluding hydrogens is 268 g/mol. The molecule has 15 heavy (non-hydrogen) atoms. The van der Waals surface area contributed by atoms with Gasteiger partial charge >= 0.3 is 16.4 Å². The molecule has 0 aliphatic heterocycles. The molecule has 0 amide bonds. The molecule has 1 aromatic rings. The minimum Gasteiger partial charge on any atom is -0.478 e. The molecule has 0 unspecified atom stereocenters. The molecule has 0 radical (unpaired) electrons. The second-order valence-electron chi connectivity index (χ2n) is 2.31. The van der Waals surface area contributed by atoms with Gasteiger partial charge in [-0.2, -0.15) is 8.42 Å². The van der Waals surface area contributed by atoms with Crippen LogP contribution in [-0.2, 0) is 27.5 Å². The molecular formula is C7H6FeO6S. The number of hydrogen-bond acceptors (Lipinski definition) is 4. The van der Waals surface area contributed by atoms with Crippen molar-refractivity contribution in [1.82, 2.24) is 0 Å². The maximum Gasteiger partial charge on any atom is 0.446 e. The number of carbonyl (C=O) groups is 1. The molecule has 2 N–H and O–H groups in total. The number of aromatic carboxylic acids is 1. The number of hydrogen-bond donors (Lipinski definition) is 2. The quantitative estimate of drug-likeness (QED) is 0.617. The summed E-state index contributed by atoms with van der Waals surface area (Å²) in [5.41, 5.74) is -0.342. The van der Waals surface area contributed by atoms with E-state index >= 15 is 0 Å². The molecule has 84 valence electrons. The van der Waals surface area contributed by atoms with Crippen molar-refractivity contribution in [2.24, 2.45) is 0 Å². The summed E-state index contributed by atoms with van der Waals surface area (Å²) in [6.07, 6.45) is 0. The van der Waals surface area contributed by atoms with Gasteiger partial charge in [0.05, 0.1) is 0 Å². The number of benzene rings is 1. The Bertz CT molecular complexity index is 454. The van der Waals surface area contributed by atoms with Crippen molar-refractivity contribution in [2.45, 2.75) is 0 Å². The smallest absolute Gasteiger partial charge is 0.446 e. The Morgan fingerprint density at radius 3 is 2.27 bits per heavy atom. The monoisotopic (exact) mass is 274 g/mol. The van der Waals surface area contributed by atoms with Crippen molar-refractivity contribution in [3.8, 4) is 5.75 Å². The van der Waals surface area contributed by atoms with E-state index < -0.39 is 22.1 Å². The van der Waals surface area contributed by atoms with Gasteiger partial charge in [0.2, 0.25) is 0 Å². The molecule has 0 bridgehead atoms. The van der Waals surface area contributed by atoms with Gasteiger partial charge in [-0.15, -0.1) is 0 Å². The number of carboxylic acids is 1. The van der Waals surface area contributed by atoms with Crippen molar-refractivity contribution >= 4 is 16.4 Å². The predicted molar refractivity (Wildman–Crippen MR) is 45.6 cm³/mol. The molecule has 0 aliphatic rings. The summed E-state index contributed by atoms with van der Waals surface area (Å²) in [5, 5.41) is 8.61. The Balaban J connectivity index is 0.00000196. The van der Waals surface area contributed by atoms with E-state index in [-0.39, 0.29) is 22.6 Å². The molecule has 1 aromatic carbocycles. The third kappa shape index (κ3) is 4.30. The molecule has 0 aliphatic carbocycles. The first-order valence-corrected chi connectivity index (χ1v) is 4.76. The van der Waals surface area contributed by atoms with Crippen LogP contribution in [0, 0.1) is 0 Å². The fourth-order valence-corrected chi connectivity index (χ4v) is 1.20. The van der Waals surface area contributed by atoms with E-state index in [1.165, 1.54) is 12.1 Å². The fourth-order valence-electron chi connectivity index (χ4n) is 0.829. The second-order valence-corrected chi connectivity index (χ2v) is 3.33. The van der Waals surface area contributed by atoms with Gasteiger partial charge in [0, 0.05) is 17.1 Å².